The van der Waals surface area contributed by atoms with Crippen LogP contribution in [0.15, 0.2) is 36.4 Å². The van der Waals surface area contributed by atoms with Gasteiger partial charge in [0.2, 0.25) is 5.91 Å². The van der Waals surface area contributed by atoms with Crippen molar-refractivity contribution < 1.29 is 28.6 Å². The van der Waals surface area contributed by atoms with Crippen molar-refractivity contribution in [1.82, 2.24) is 9.80 Å². The molecule has 1 saturated heterocycles. The molecule has 0 unspecified atom stereocenters. The normalized spacial score (nSPS) is 13.3. The Bertz CT molecular complexity index is 1030. The summed E-state index contributed by atoms with van der Waals surface area (Å²) in [7, 11) is 3.03. The average molecular weight is 456 g/mol. The van der Waals surface area contributed by atoms with Gasteiger partial charge in [0.1, 0.15) is 5.75 Å². The molecule has 0 aromatic heterocycles. The molecule has 1 aliphatic heterocycles. The molecular formula is C24H29N3O6. The number of nitrogens with zero attached hydrogens (tertiary/aromatic N) is 2. The number of hydrogen-bond acceptors (Lipinski definition) is 6. The van der Waals surface area contributed by atoms with E-state index in [4.69, 9.17) is 14.2 Å². The highest BCUT2D eigenvalue weighted by Crippen LogP contribution is 2.31. The van der Waals surface area contributed by atoms with E-state index in [-0.39, 0.29) is 24.3 Å². The lowest BCUT2D eigenvalue weighted by atomic mass is 10.1. The molecule has 3 rings (SSSR count). The fourth-order valence-corrected chi connectivity index (χ4v) is 3.68. The van der Waals surface area contributed by atoms with Crippen LogP contribution in [0.25, 0.3) is 0 Å². The van der Waals surface area contributed by atoms with E-state index >= 15 is 0 Å². The van der Waals surface area contributed by atoms with E-state index in [1.165, 1.54) is 21.1 Å². The molecule has 33 heavy (non-hydrogen) atoms. The number of hydrogen-bond donors (Lipinski definition) is 1. The molecule has 0 atom stereocenters. The molecular weight excluding hydrogens is 426 g/mol. The summed E-state index contributed by atoms with van der Waals surface area (Å²) in [5, 5.41) is 2.74. The Hall–Kier alpha value is -3.75. The third-order valence-electron chi connectivity index (χ3n) is 5.42. The summed E-state index contributed by atoms with van der Waals surface area (Å²) in [6, 6.07) is 10.4. The summed E-state index contributed by atoms with van der Waals surface area (Å²) in [5.74, 6) is 0.984. The van der Waals surface area contributed by atoms with Crippen molar-refractivity contribution in [2.45, 2.75) is 13.8 Å². The second-order valence-corrected chi connectivity index (χ2v) is 7.66. The molecule has 9 nitrogen and oxygen atoms in total. The number of ether oxygens (including phenoxy) is 3. The van der Waals surface area contributed by atoms with Crippen molar-refractivity contribution in [3.63, 3.8) is 0 Å². The second kappa shape index (κ2) is 10.7. The van der Waals surface area contributed by atoms with E-state index in [1.54, 1.807) is 46.2 Å². The Morgan fingerprint density at radius 1 is 0.970 bits per heavy atom. The molecule has 176 valence electrons. The summed E-state index contributed by atoms with van der Waals surface area (Å²) in [6.07, 6.45) is 0. The van der Waals surface area contributed by atoms with Crippen molar-refractivity contribution in [2.24, 2.45) is 0 Å². The summed E-state index contributed by atoms with van der Waals surface area (Å²) in [5.41, 5.74) is 1.97. The standard InChI is InChI=1S/C24H29N3O6/c1-16-14-18(8-9-20(16)25-17(2)28)33-15-22(29)26-10-12-27(13-11-26)24(30)19-6-5-7-21(31-3)23(19)32-4/h5-9,14H,10-13,15H2,1-4H3,(H,25,28). The minimum atomic E-state index is -0.163. The van der Waals surface area contributed by atoms with Crippen molar-refractivity contribution >= 4 is 23.4 Å². The van der Waals surface area contributed by atoms with Gasteiger partial charge < -0.3 is 29.3 Å². The minimum absolute atomic E-state index is 0.101. The van der Waals surface area contributed by atoms with Crippen LogP contribution in [0.5, 0.6) is 17.2 Å². The Kier molecular flexibility index (Phi) is 7.76. The molecule has 1 heterocycles. The second-order valence-electron chi connectivity index (χ2n) is 7.66. The van der Waals surface area contributed by atoms with Gasteiger partial charge in [-0.15, -0.1) is 0 Å². The fourth-order valence-electron chi connectivity index (χ4n) is 3.68. The number of nitrogens with one attached hydrogen (secondary N) is 1. The van der Waals surface area contributed by atoms with Gasteiger partial charge in [-0.3, -0.25) is 14.4 Å². The van der Waals surface area contributed by atoms with Gasteiger partial charge in [0.25, 0.3) is 11.8 Å². The number of para-hydroxylation sites is 1. The van der Waals surface area contributed by atoms with Gasteiger partial charge in [-0.2, -0.15) is 0 Å². The first-order chi connectivity index (χ1) is 15.8. The van der Waals surface area contributed by atoms with Gasteiger partial charge in [0.15, 0.2) is 18.1 Å². The topological polar surface area (TPSA) is 97.4 Å². The largest absolute Gasteiger partial charge is 0.493 e. The number of carbonyl (C=O) groups excluding carboxylic acids is 3. The molecule has 2 aromatic carbocycles. The van der Waals surface area contributed by atoms with Crippen LogP contribution in [0, 0.1) is 6.92 Å². The minimum Gasteiger partial charge on any atom is -0.493 e. The lowest BCUT2D eigenvalue weighted by molar-refractivity contribution is -0.134. The van der Waals surface area contributed by atoms with Gasteiger partial charge in [-0.1, -0.05) is 6.07 Å². The summed E-state index contributed by atoms with van der Waals surface area (Å²) >= 11 is 0. The lowest BCUT2D eigenvalue weighted by Crippen LogP contribution is -2.51. The van der Waals surface area contributed by atoms with Crippen molar-refractivity contribution in [3.8, 4) is 17.2 Å². The zero-order valence-electron chi connectivity index (χ0n) is 19.3. The van der Waals surface area contributed by atoms with Crippen LogP contribution >= 0.6 is 0 Å². The molecule has 0 spiro atoms. The number of methoxy groups -OCH3 is 2. The van der Waals surface area contributed by atoms with Crippen molar-refractivity contribution in [2.75, 3.05) is 52.3 Å². The molecule has 1 aliphatic rings. The maximum Gasteiger partial charge on any atom is 0.260 e. The first-order valence-electron chi connectivity index (χ1n) is 10.6. The smallest absolute Gasteiger partial charge is 0.260 e. The summed E-state index contributed by atoms with van der Waals surface area (Å²) in [6.45, 7) is 4.86. The molecule has 3 amide bonds. The van der Waals surface area contributed by atoms with Crippen LogP contribution in [-0.4, -0.2) is 74.5 Å². The van der Waals surface area contributed by atoms with Gasteiger partial charge >= 0.3 is 0 Å². The average Bonchev–Trinajstić information content (AvgIpc) is 2.82. The molecule has 9 heteroatoms. The van der Waals surface area contributed by atoms with E-state index in [1.807, 2.05) is 6.92 Å². The quantitative estimate of drug-likeness (QED) is 0.688. The molecule has 1 N–H and O–H groups in total. The predicted octanol–water partition coefficient (Wildman–Crippen LogP) is 2.33. The van der Waals surface area contributed by atoms with Crippen LogP contribution in [0.3, 0.4) is 0 Å². The number of piperazine rings is 1. The Morgan fingerprint density at radius 2 is 1.67 bits per heavy atom. The van der Waals surface area contributed by atoms with E-state index in [0.29, 0.717) is 54.7 Å². The van der Waals surface area contributed by atoms with Crippen LogP contribution in [0.4, 0.5) is 5.69 Å². The SMILES string of the molecule is COc1cccc(C(=O)N2CCN(C(=O)COc3ccc(NC(C)=O)c(C)c3)CC2)c1OC. The monoisotopic (exact) mass is 455 g/mol. The maximum atomic E-state index is 13.0. The number of aryl methyl sites for hydroxylation is 1. The van der Waals surface area contributed by atoms with Crippen LogP contribution in [0.1, 0.15) is 22.8 Å². The Labute approximate surface area is 193 Å². The first-order valence-corrected chi connectivity index (χ1v) is 10.6. The Morgan fingerprint density at radius 3 is 2.27 bits per heavy atom. The zero-order valence-corrected chi connectivity index (χ0v) is 19.3. The summed E-state index contributed by atoms with van der Waals surface area (Å²) in [4.78, 5) is 40.2. The van der Waals surface area contributed by atoms with Crippen LogP contribution in [0.2, 0.25) is 0 Å². The zero-order chi connectivity index (χ0) is 24.0. The van der Waals surface area contributed by atoms with Crippen LogP contribution in [-0.2, 0) is 9.59 Å². The van der Waals surface area contributed by atoms with E-state index in [2.05, 4.69) is 5.32 Å². The predicted molar refractivity (Wildman–Crippen MR) is 123 cm³/mol. The molecule has 0 aliphatic carbocycles. The first kappa shape index (κ1) is 23.9. The Balaban J connectivity index is 1.54. The number of benzene rings is 2. The summed E-state index contributed by atoms with van der Waals surface area (Å²) < 4.78 is 16.3. The van der Waals surface area contributed by atoms with Gasteiger partial charge in [0, 0.05) is 38.8 Å². The maximum absolute atomic E-state index is 13.0. The lowest BCUT2D eigenvalue weighted by Gasteiger charge is -2.35. The molecule has 0 bridgehead atoms. The third-order valence-corrected chi connectivity index (χ3v) is 5.42. The molecule has 1 fully saturated rings. The van der Waals surface area contributed by atoms with E-state index in [9.17, 15) is 14.4 Å². The van der Waals surface area contributed by atoms with Crippen molar-refractivity contribution in [1.29, 1.82) is 0 Å². The number of carbonyl (C=O) groups is 3. The molecule has 2 aromatic rings. The highest BCUT2D eigenvalue weighted by atomic mass is 16.5. The molecule has 0 radical (unpaired) electrons. The van der Waals surface area contributed by atoms with Gasteiger partial charge in [0.05, 0.1) is 19.8 Å². The highest BCUT2D eigenvalue weighted by Gasteiger charge is 2.27. The third kappa shape index (κ3) is 5.74. The number of amides is 3. The van der Waals surface area contributed by atoms with E-state index < -0.39 is 0 Å². The molecule has 0 saturated carbocycles. The fraction of sp³-hybridized carbons (Fsp3) is 0.375. The van der Waals surface area contributed by atoms with E-state index in [0.717, 1.165) is 5.56 Å². The number of rotatable bonds is 7. The van der Waals surface area contributed by atoms with Crippen LogP contribution < -0.4 is 19.5 Å². The van der Waals surface area contributed by atoms with Gasteiger partial charge in [-0.05, 0) is 42.8 Å². The number of anilines is 1. The highest BCUT2D eigenvalue weighted by molar-refractivity contribution is 5.98. The van der Waals surface area contributed by atoms with Gasteiger partial charge in [-0.25, -0.2) is 0 Å². The van der Waals surface area contributed by atoms with Crippen molar-refractivity contribution in [3.05, 3.63) is 47.5 Å².